The summed E-state index contributed by atoms with van der Waals surface area (Å²) in [7, 11) is 1.94. The maximum Gasteiger partial charge on any atom is 0.137 e. The number of halogens is 1. The first-order valence-electron chi connectivity index (χ1n) is 9.65. The van der Waals surface area contributed by atoms with Crippen LogP contribution in [-0.4, -0.2) is 24.5 Å². The molecule has 0 aliphatic carbocycles. The largest absolute Gasteiger partial charge is 0.378 e. The molecule has 0 saturated carbocycles. The van der Waals surface area contributed by atoms with Gasteiger partial charge in [-0.3, -0.25) is 9.25 Å². The van der Waals surface area contributed by atoms with Crippen LogP contribution in [0.25, 0.3) is 16.8 Å². The van der Waals surface area contributed by atoms with Crippen molar-refractivity contribution in [3.63, 3.8) is 0 Å². The van der Waals surface area contributed by atoms with Crippen molar-refractivity contribution < 1.29 is 0 Å². The van der Waals surface area contributed by atoms with Crippen LogP contribution in [0, 0.1) is 6.92 Å². The first-order chi connectivity index (χ1) is 14.1. The van der Waals surface area contributed by atoms with E-state index in [2.05, 4.69) is 43.4 Å². The second-order valence-corrected chi connectivity index (χ2v) is 7.85. The fourth-order valence-electron chi connectivity index (χ4n) is 3.99. The molecule has 0 saturated heterocycles. The van der Waals surface area contributed by atoms with Gasteiger partial charge in [-0.2, -0.15) is 5.10 Å². The Morgan fingerprint density at radius 1 is 1.07 bits per heavy atom. The molecule has 7 heteroatoms. The molecule has 1 atom stereocenters. The third-order valence-corrected chi connectivity index (χ3v) is 5.67. The number of hydrogen-bond acceptors (Lipinski definition) is 4. The number of benzene rings is 2. The minimum atomic E-state index is 0.142. The predicted molar refractivity (Wildman–Crippen MR) is 114 cm³/mol. The molecule has 0 radical (unpaired) electrons. The molecular weight excluding hydrogens is 384 g/mol. The van der Waals surface area contributed by atoms with Gasteiger partial charge in [-0.15, -0.1) is 10.2 Å². The third-order valence-electron chi connectivity index (χ3n) is 5.42. The highest BCUT2D eigenvalue weighted by Crippen LogP contribution is 2.36. The molecule has 5 rings (SSSR count). The van der Waals surface area contributed by atoms with Gasteiger partial charge in [0.2, 0.25) is 0 Å². The molecule has 2 aromatic carbocycles. The van der Waals surface area contributed by atoms with Crippen molar-refractivity contribution in [3.05, 3.63) is 77.1 Å². The SMILES string of the molecule is Cc1nnc2n1-c1ccc(-c3cnn(C)c3)cc1[C@H](Nc1ccc(Cl)cc1)CC2. The minimum Gasteiger partial charge on any atom is -0.378 e. The van der Waals surface area contributed by atoms with E-state index in [9.17, 15) is 0 Å². The number of nitrogens with zero attached hydrogens (tertiary/aromatic N) is 5. The van der Waals surface area contributed by atoms with Gasteiger partial charge >= 0.3 is 0 Å². The van der Waals surface area contributed by atoms with Gasteiger partial charge in [0.05, 0.1) is 17.9 Å². The van der Waals surface area contributed by atoms with Gasteiger partial charge in [-0.25, -0.2) is 0 Å². The van der Waals surface area contributed by atoms with E-state index in [-0.39, 0.29) is 6.04 Å². The summed E-state index contributed by atoms with van der Waals surface area (Å²) in [5.74, 6) is 1.90. The van der Waals surface area contributed by atoms with Crippen LogP contribution in [0.2, 0.25) is 5.02 Å². The summed E-state index contributed by atoms with van der Waals surface area (Å²) in [6, 6.07) is 14.6. The predicted octanol–water partition coefficient (Wildman–Crippen LogP) is 4.73. The van der Waals surface area contributed by atoms with Gasteiger partial charge in [0.1, 0.15) is 11.6 Å². The van der Waals surface area contributed by atoms with Crippen LogP contribution in [-0.2, 0) is 13.5 Å². The number of aromatic nitrogens is 5. The average molecular weight is 405 g/mol. The Labute approximate surface area is 174 Å². The highest BCUT2D eigenvalue weighted by atomic mass is 35.5. The molecule has 1 N–H and O–H groups in total. The lowest BCUT2D eigenvalue weighted by atomic mass is 9.97. The van der Waals surface area contributed by atoms with Gasteiger partial charge in [0, 0.05) is 35.9 Å². The third kappa shape index (κ3) is 3.29. The number of rotatable bonds is 3. The first kappa shape index (κ1) is 17.9. The summed E-state index contributed by atoms with van der Waals surface area (Å²) in [5, 5.41) is 17.5. The Morgan fingerprint density at radius 2 is 1.90 bits per heavy atom. The van der Waals surface area contributed by atoms with Gasteiger partial charge in [-0.05, 0) is 60.9 Å². The Morgan fingerprint density at radius 3 is 2.66 bits per heavy atom. The van der Waals surface area contributed by atoms with Crippen LogP contribution in [0.3, 0.4) is 0 Å². The first-order valence-corrected chi connectivity index (χ1v) is 10.0. The molecule has 146 valence electrons. The summed E-state index contributed by atoms with van der Waals surface area (Å²) >= 11 is 6.06. The van der Waals surface area contributed by atoms with E-state index in [1.54, 1.807) is 0 Å². The van der Waals surface area contributed by atoms with Crippen molar-refractivity contribution in [2.24, 2.45) is 7.05 Å². The molecule has 4 aromatic rings. The van der Waals surface area contributed by atoms with E-state index in [1.165, 1.54) is 5.56 Å². The molecule has 0 amide bonds. The van der Waals surface area contributed by atoms with Crippen LogP contribution in [0.5, 0.6) is 0 Å². The zero-order chi connectivity index (χ0) is 20.0. The van der Waals surface area contributed by atoms with Crippen molar-refractivity contribution in [2.45, 2.75) is 25.8 Å². The molecule has 29 heavy (non-hydrogen) atoms. The lowest BCUT2D eigenvalue weighted by Crippen LogP contribution is -2.12. The lowest BCUT2D eigenvalue weighted by Gasteiger charge is -2.22. The van der Waals surface area contributed by atoms with E-state index >= 15 is 0 Å². The maximum absolute atomic E-state index is 6.06. The van der Waals surface area contributed by atoms with Crippen LogP contribution >= 0.6 is 11.6 Å². The van der Waals surface area contributed by atoms with Gasteiger partial charge in [0.15, 0.2) is 0 Å². The molecule has 0 fully saturated rings. The van der Waals surface area contributed by atoms with Crippen LogP contribution < -0.4 is 5.32 Å². The standard InChI is InChI=1S/C22H21ClN6/c1-14-26-27-22-10-8-20(25-18-6-4-17(23)5-7-18)19-11-15(3-9-21(19)29(14)22)16-12-24-28(2)13-16/h3-7,9,11-13,20,25H,8,10H2,1-2H3/t20-/m1/s1. The monoisotopic (exact) mass is 404 g/mol. The van der Waals surface area contributed by atoms with Crippen LogP contribution in [0.1, 0.15) is 29.7 Å². The van der Waals surface area contributed by atoms with E-state index < -0.39 is 0 Å². The van der Waals surface area contributed by atoms with Crippen molar-refractivity contribution >= 4 is 17.3 Å². The lowest BCUT2D eigenvalue weighted by molar-refractivity contribution is 0.686. The molecule has 1 aliphatic heterocycles. The molecule has 0 unspecified atom stereocenters. The molecule has 3 heterocycles. The summed E-state index contributed by atoms with van der Waals surface area (Å²) < 4.78 is 4.00. The van der Waals surface area contributed by atoms with Crippen molar-refractivity contribution in [2.75, 3.05) is 5.32 Å². The average Bonchev–Trinajstić information content (AvgIpc) is 3.28. The summed E-state index contributed by atoms with van der Waals surface area (Å²) in [4.78, 5) is 0. The smallest absolute Gasteiger partial charge is 0.137 e. The molecule has 1 aliphatic rings. The number of hydrogen-bond donors (Lipinski definition) is 1. The molecule has 0 spiro atoms. The molecular formula is C22H21ClN6. The summed E-state index contributed by atoms with van der Waals surface area (Å²) in [5.41, 5.74) is 5.65. The number of anilines is 1. The minimum absolute atomic E-state index is 0.142. The Bertz CT molecular complexity index is 1170. The molecule has 0 bridgehead atoms. The Kier molecular flexibility index (Phi) is 4.36. The summed E-state index contributed by atoms with van der Waals surface area (Å²) in [6.07, 6.45) is 5.71. The number of nitrogens with one attached hydrogen (secondary N) is 1. The highest BCUT2D eigenvalue weighted by Gasteiger charge is 2.25. The van der Waals surface area contributed by atoms with Crippen molar-refractivity contribution in [1.29, 1.82) is 0 Å². The van der Waals surface area contributed by atoms with Gasteiger partial charge in [0.25, 0.3) is 0 Å². The van der Waals surface area contributed by atoms with Crippen LogP contribution in [0.4, 0.5) is 5.69 Å². The van der Waals surface area contributed by atoms with E-state index in [1.807, 2.05) is 55.3 Å². The zero-order valence-electron chi connectivity index (χ0n) is 16.3. The Balaban J connectivity index is 1.62. The summed E-state index contributed by atoms with van der Waals surface area (Å²) in [6.45, 7) is 2.00. The van der Waals surface area contributed by atoms with E-state index in [0.717, 1.165) is 52.0 Å². The van der Waals surface area contributed by atoms with Crippen molar-refractivity contribution in [3.8, 4) is 16.8 Å². The quantitative estimate of drug-likeness (QED) is 0.536. The second kappa shape index (κ2) is 7.04. The maximum atomic E-state index is 6.06. The zero-order valence-corrected chi connectivity index (χ0v) is 17.1. The van der Waals surface area contributed by atoms with Gasteiger partial charge < -0.3 is 5.32 Å². The van der Waals surface area contributed by atoms with Crippen molar-refractivity contribution in [1.82, 2.24) is 24.5 Å². The highest BCUT2D eigenvalue weighted by molar-refractivity contribution is 6.30. The van der Waals surface area contributed by atoms with Gasteiger partial charge in [-0.1, -0.05) is 17.7 Å². The normalized spacial score (nSPS) is 15.5. The molecule has 2 aromatic heterocycles. The second-order valence-electron chi connectivity index (χ2n) is 7.42. The Hall–Kier alpha value is -3.12. The van der Waals surface area contributed by atoms with Crippen LogP contribution in [0.15, 0.2) is 54.9 Å². The van der Waals surface area contributed by atoms with E-state index in [0.29, 0.717) is 0 Å². The number of aryl methyl sites for hydroxylation is 3. The molecule has 6 nitrogen and oxygen atoms in total. The number of fused-ring (bicyclic) bond motifs is 3. The fraction of sp³-hybridized carbons (Fsp3) is 0.227. The fourth-order valence-corrected chi connectivity index (χ4v) is 4.12. The van der Waals surface area contributed by atoms with E-state index in [4.69, 9.17) is 11.6 Å². The topological polar surface area (TPSA) is 60.6 Å².